The number of alkyl halides is 3. The van der Waals surface area contributed by atoms with Crippen LogP contribution in [0.25, 0.3) is 0 Å². The van der Waals surface area contributed by atoms with Gasteiger partial charge in [-0.2, -0.15) is 23.7 Å². The Morgan fingerprint density at radius 3 is 2.07 bits per heavy atom. The van der Waals surface area contributed by atoms with E-state index in [0.717, 1.165) is 0 Å². The Morgan fingerprint density at radius 2 is 1.79 bits per heavy atom. The van der Waals surface area contributed by atoms with Crippen molar-refractivity contribution in [2.45, 2.75) is 6.18 Å². The van der Waals surface area contributed by atoms with Crippen LogP contribution in [0.3, 0.4) is 0 Å². The molecule has 0 atom stereocenters. The van der Waals surface area contributed by atoms with E-state index in [4.69, 9.17) is 10.5 Å². The van der Waals surface area contributed by atoms with E-state index >= 15 is 0 Å². The average molecular weight is 208 g/mol. The van der Waals surface area contributed by atoms with Crippen LogP contribution in [0.2, 0.25) is 0 Å². The van der Waals surface area contributed by atoms with Crippen molar-refractivity contribution in [1.82, 2.24) is 9.97 Å². The number of nitriles is 2. The van der Waals surface area contributed by atoms with Gasteiger partial charge < -0.3 is 9.97 Å². The molecule has 0 fully saturated rings. The zero-order chi connectivity index (χ0) is 10.1. The number of hydrogen-bond acceptors (Lipinski definition) is 3. The van der Waals surface area contributed by atoms with E-state index in [1.165, 1.54) is 12.1 Å². The average Bonchev–Trinajstić information content (AvgIpc) is 2.45. The summed E-state index contributed by atoms with van der Waals surface area (Å²) in [5.74, 6) is -1.46. The van der Waals surface area contributed by atoms with Crippen LogP contribution in [0.15, 0.2) is 0 Å². The molecule has 0 aromatic carbocycles. The molecule has 14 heavy (non-hydrogen) atoms. The number of nitrogens with zero attached hydrogens (tertiary/aromatic N) is 4. The fourth-order valence-electron chi connectivity index (χ4n) is 0.625. The largest absolute Gasteiger partial charge is 1.00 e. The molecule has 8 heteroatoms. The van der Waals surface area contributed by atoms with Crippen molar-refractivity contribution in [3.8, 4) is 12.1 Å². The molecule has 0 amide bonds. The molecule has 1 aromatic heterocycles. The normalized spacial score (nSPS) is 9.79. The fraction of sp³-hybridized carbons (Fsp3) is 0.167. The predicted octanol–water partition coefficient (Wildman–Crippen LogP) is -2.20. The summed E-state index contributed by atoms with van der Waals surface area (Å²) in [6.45, 7) is 0. The van der Waals surface area contributed by atoms with Crippen LogP contribution in [0.4, 0.5) is 13.2 Å². The van der Waals surface area contributed by atoms with Crippen molar-refractivity contribution in [2.24, 2.45) is 0 Å². The minimum atomic E-state index is -4.72. The SMILES string of the molecule is N#Cc1nc(C(F)(F)F)[n-]c1C#N.[Na+]. The second-order valence-electron chi connectivity index (χ2n) is 1.97. The summed E-state index contributed by atoms with van der Waals surface area (Å²) in [5, 5.41) is 16.5. The Balaban J connectivity index is 0.00000169. The van der Waals surface area contributed by atoms with Gasteiger partial charge in [-0.25, -0.2) is 0 Å². The van der Waals surface area contributed by atoms with Gasteiger partial charge in [0.05, 0.1) is 23.5 Å². The van der Waals surface area contributed by atoms with Gasteiger partial charge in [0.15, 0.2) is 0 Å². The molecule has 0 aliphatic rings. The van der Waals surface area contributed by atoms with Crippen molar-refractivity contribution < 1.29 is 42.7 Å². The minimum Gasteiger partial charge on any atom is -0.422 e. The van der Waals surface area contributed by atoms with Gasteiger partial charge >= 0.3 is 35.7 Å². The number of hydrogen-bond donors (Lipinski definition) is 0. The summed E-state index contributed by atoms with van der Waals surface area (Å²) in [5.41, 5.74) is -1.20. The molecule has 1 rings (SSSR count). The second-order valence-corrected chi connectivity index (χ2v) is 1.97. The molecule has 0 unspecified atom stereocenters. The third-order valence-electron chi connectivity index (χ3n) is 1.13. The molecule has 4 nitrogen and oxygen atoms in total. The Labute approximate surface area is 98.7 Å². The first-order chi connectivity index (χ1) is 5.99. The van der Waals surface area contributed by atoms with Crippen LogP contribution in [0.5, 0.6) is 0 Å². The summed E-state index contributed by atoms with van der Waals surface area (Å²) in [6, 6.07) is 2.69. The molecule has 1 aromatic rings. The molecular formula is C6F3N4Na. The van der Waals surface area contributed by atoms with E-state index in [2.05, 4.69) is 9.97 Å². The van der Waals surface area contributed by atoms with Crippen molar-refractivity contribution in [2.75, 3.05) is 0 Å². The van der Waals surface area contributed by atoms with Crippen molar-refractivity contribution in [1.29, 1.82) is 10.5 Å². The first-order valence-corrected chi connectivity index (χ1v) is 2.91. The zero-order valence-electron chi connectivity index (χ0n) is 6.92. The number of halogens is 3. The van der Waals surface area contributed by atoms with E-state index in [0.29, 0.717) is 0 Å². The van der Waals surface area contributed by atoms with E-state index in [-0.39, 0.29) is 29.6 Å². The van der Waals surface area contributed by atoms with E-state index in [9.17, 15) is 13.2 Å². The van der Waals surface area contributed by atoms with Crippen molar-refractivity contribution >= 4 is 0 Å². The molecule has 1 heterocycles. The van der Waals surface area contributed by atoms with Crippen LogP contribution < -0.4 is 34.5 Å². The first-order valence-electron chi connectivity index (χ1n) is 2.91. The maximum absolute atomic E-state index is 11.9. The molecule has 0 radical (unpaired) electrons. The third kappa shape index (κ3) is 2.48. The molecule has 0 spiro atoms. The summed E-state index contributed by atoms with van der Waals surface area (Å²) in [7, 11) is 0. The van der Waals surface area contributed by atoms with Crippen molar-refractivity contribution in [3.63, 3.8) is 0 Å². The summed E-state index contributed by atoms with van der Waals surface area (Å²) in [4.78, 5) is 5.70. The molecule has 0 aliphatic heterocycles. The van der Waals surface area contributed by atoms with Crippen LogP contribution in [0.1, 0.15) is 17.2 Å². The minimum absolute atomic E-state index is 0. The second kappa shape index (κ2) is 4.47. The Bertz CT molecular complexity index is 377. The Morgan fingerprint density at radius 1 is 1.21 bits per heavy atom. The van der Waals surface area contributed by atoms with Crippen LogP contribution in [0, 0.1) is 22.7 Å². The fourth-order valence-corrected chi connectivity index (χ4v) is 0.625. The van der Waals surface area contributed by atoms with Gasteiger partial charge in [0.25, 0.3) is 0 Å². The standard InChI is InChI=1S/C6F3N4.Na/c7-6(8,9)5-12-3(1-10)4(2-11)13-5;/q-1;+1. The van der Waals surface area contributed by atoms with Crippen LogP contribution in [-0.4, -0.2) is 4.98 Å². The summed E-state index contributed by atoms with van der Waals surface area (Å²) < 4.78 is 35.7. The molecule has 0 bridgehead atoms. The monoisotopic (exact) mass is 208 g/mol. The molecule has 0 aliphatic carbocycles. The van der Waals surface area contributed by atoms with E-state index in [1.54, 1.807) is 0 Å². The number of aromatic nitrogens is 2. The zero-order valence-corrected chi connectivity index (χ0v) is 8.92. The van der Waals surface area contributed by atoms with E-state index in [1.807, 2.05) is 0 Å². The van der Waals surface area contributed by atoms with Crippen LogP contribution in [-0.2, 0) is 6.18 Å². The van der Waals surface area contributed by atoms with Gasteiger partial charge in [-0.1, -0.05) is 0 Å². The summed E-state index contributed by atoms with van der Waals surface area (Å²) in [6.07, 6.45) is -4.72. The smallest absolute Gasteiger partial charge is 0.422 e. The van der Waals surface area contributed by atoms with Crippen molar-refractivity contribution in [3.05, 3.63) is 17.2 Å². The Hall–Kier alpha value is -1.02. The van der Waals surface area contributed by atoms with Gasteiger partial charge in [-0.05, 0) is 0 Å². The Kier molecular flexibility index (Phi) is 4.14. The molecule has 0 saturated carbocycles. The predicted molar refractivity (Wildman–Crippen MR) is 32.0 cm³/mol. The topological polar surface area (TPSA) is 74.6 Å². The van der Waals surface area contributed by atoms with E-state index < -0.39 is 23.4 Å². The van der Waals surface area contributed by atoms with Gasteiger partial charge in [0, 0.05) is 5.82 Å². The van der Waals surface area contributed by atoms with Crippen LogP contribution >= 0.6 is 0 Å². The van der Waals surface area contributed by atoms with Gasteiger partial charge in [-0.15, -0.1) is 0 Å². The molecule has 0 N–H and O–H groups in total. The summed E-state index contributed by atoms with van der Waals surface area (Å²) >= 11 is 0. The molecule has 0 saturated heterocycles. The maximum atomic E-state index is 11.9. The van der Waals surface area contributed by atoms with Gasteiger partial charge in [0.2, 0.25) is 0 Å². The maximum Gasteiger partial charge on any atom is 1.00 e. The van der Waals surface area contributed by atoms with Gasteiger partial charge in [-0.3, -0.25) is 0 Å². The number of imidazole rings is 1. The quantitative estimate of drug-likeness (QED) is 0.453. The van der Waals surface area contributed by atoms with Gasteiger partial charge in [0.1, 0.15) is 0 Å². The first kappa shape index (κ1) is 13.0. The molecular weight excluding hydrogens is 208 g/mol. The third-order valence-corrected chi connectivity index (χ3v) is 1.13. The molecule has 66 valence electrons. The number of rotatable bonds is 0.